The zero-order valence-electron chi connectivity index (χ0n) is 9.71. The molecule has 1 atom stereocenters. The average molecular weight is 392 g/mol. The molecule has 19 heavy (non-hydrogen) atoms. The topological polar surface area (TPSA) is 20.2 Å². The first kappa shape index (κ1) is 14.6. The highest BCUT2D eigenvalue weighted by Crippen LogP contribution is 2.27. The summed E-state index contributed by atoms with van der Waals surface area (Å²) in [4.78, 5) is 0. The fraction of sp³-hybridized carbons (Fsp3) is 0.143. The molecular formula is C14H10Br2F2O. The SMILES string of the molecule is OC(Cc1ccc(F)c(Br)c1)c1cccc(Br)c1F. The first-order chi connectivity index (χ1) is 8.99. The van der Waals surface area contributed by atoms with Gasteiger partial charge in [-0.05, 0) is 55.6 Å². The second-order valence-electron chi connectivity index (χ2n) is 4.11. The third-order valence-corrected chi connectivity index (χ3v) is 3.97. The first-order valence-electron chi connectivity index (χ1n) is 5.55. The van der Waals surface area contributed by atoms with Crippen molar-refractivity contribution in [2.24, 2.45) is 0 Å². The van der Waals surface area contributed by atoms with Crippen LogP contribution < -0.4 is 0 Å². The summed E-state index contributed by atoms with van der Waals surface area (Å²) in [7, 11) is 0. The van der Waals surface area contributed by atoms with E-state index in [1.54, 1.807) is 24.3 Å². The molecule has 1 N–H and O–H groups in total. The van der Waals surface area contributed by atoms with E-state index in [1.165, 1.54) is 12.1 Å². The quantitative estimate of drug-likeness (QED) is 0.799. The average Bonchev–Trinajstić information content (AvgIpc) is 2.37. The van der Waals surface area contributed by atoms with Crippen molar-refractivity contribution >= 4 is 31.9 Å². The van der Waals surface area contributed by atoms with Crippen LogP contribution in [0, 0.1) is 11.6 Å². The molecule has 100 valence electrons. The van der Waals surface area contributed by atoms with Crippen molar-refractivity contribution in [3.8, 4) is 0 Å². The monoisotopic (exact) mass is 390 g/mol. The Kier molecular flexibility index (Phi) is 4.71. The largest absolute Gasteiger partial charge is 0.388 e. The zero-order valence-corrected chi connectivity index (χ0v) is 12.9. The van der Waals surface area contributed by atoms with E-state index < -0.39 is 11.9 Å². The molecule has 0 heterocycles. The van der Waals surface area contributed by atoms with Crippen LogP contribution in [-0.4, -0.2) is 5.11 Å². The van der Waals surface area contributed by atoms with Crippen LogP contribution in [0.5, 0.6) is 0 Å². The lowest BCUT2D eigenvalue weighted by atomic mass is 10.0. The Morgan fingerprint density at radius 3 is 2.47 bits per heavy atom. The lowest BCUT2D eigenvalue weighted by molar-refractivity contribution is 0.173. The maximum atomic E-state index is 13.8. The number of aliphatic hydroxyl groups is 1. The van der Waals surface area contributed by atoms with Gasteiger partial charge in [-0.25, -0.2) is 8.78 Å². The summed E-state index contributed by atoms with van der Waals surface area (Å²) >= 11 is 6.16. The molecule has 0 spiro atoms. The lowest BCUT2D eigenvalue weighted by Crippen LogP contribution is -2.05. The Morgan fingerprint density at radius 1 is 1.05 bits per heavy atom. The Hall–Kier alpha value is -0.780. The Balaban J connectivity index is 2.23. The molecule has 2 aromatic rings. The van der Waals surface area contributed by atoms with Crippen molar-refractivity contribution in [3.05, 3.63) is 68.1 Å². The fourth-order valence-electron chi connectivity index (χ4n) is 1.78. The fourth-order valence-corrected chi connectivity index (χ4v) is 2.59. The van der Waals surface area contributed by atoms with E-state index in [0.717, 1.165) is 5.56 Å². The predicted molar refractivity (Wildman–Crippen MR) is 76.9 cm³/mol. The molecule has 1 unspecified atom stereocenters. The molecule has 0 radical (unpaired) electrons. The van der Waals surface area contributed by atoms with E-state index in [-0.39, 0.29) is 17.8 Å². The number of aliphatic hydroxyl groups excluding tert-OH is 1. The molecule has 1 nitrogen and oxygen atoms in total. The summed E-state index contributed by atoms with van der Waals surface area (Å²) in [5.41, 5.74) is 0.940. The summed E-state index contributed by atoms with van der Waals surface area (Å²) in [5.74, 6) is -0.844. The van der Waals surface area contributed by atoms with Crippen molar-refractivity contribution in [3.63, 3.8) is 0 Å². The molecule has 0 aliphatic rings. The van der Waals surface area contributed by atoms with Crippen molar-refractivity contribution in [1.29, 1.82) is 0 Å². The van der Waals surface area contributed by atoms with E-state index in [1.807, 2.05) is 0 Å². The van der Waals surface area contributed by atoms with Crippen LogP contribution in [0.4, 0.5) is 8.78 Å². The molecule has 0 fully saturated rings. The second-order valence-corrected chi connectivity index (χ2v) is 5.82. The van der Waals surface area contributed by atoms with Gasteiger partial charge < -0.3 is 5.11 Å². The highest BCUT2D eigenvalue weighted by atomic mass is 79.9. The van der Waals surface area contributed by atoms with Crippen LogP contribution in [-0.2, 0) is 6.42 Å². The van der Waals surface area contributed by atoms with E-state index >= 15 is 0 Å². The molecule has 5 heteroatoms. The van der Waals surface area contributed by atoms with Crippen LogP contribution in [0.1, 0.15) is 17.2 Å². The Morgan fingerprint density at radius 2 is 1.79 bits per heavy atom. The third kappa shape index (κ3) is 3.41. The summed E-state index contributed by atoms with van der Waals surface area (Å²) in [6.07, 6.45) is -0.762. The smallest absolute Gasteiger partial charge is 0.143 e. The van der Waals surface area contributed by atoms with Gasteiger partial charge in [0.25, 0.3) is 0 Å². The molecule has 0 aliphatic heterocycles. The Labute approximate surface area is 126 Å². The normalized spacial score (nSPS) is 12.5. The van der Waals surface area contributed by atoms with E-state index in [9.17, 15) is 13.9 Å². The number of halogens is 4. The van der Waals surface area contributed by atoms with E-state index in [4.69, 9.17) is 0 Å². The molecule has 2 rings (SSSR count). The number of hydrogen-bond acceptors (Lipinski definition) is 1. The van der Waals surface area contributed by atoms with Gasteiger partial charge in [0.2, 0.25) is 0 Å². The van der Waals surface area contributed by atoms with Gasteiger partial charge in [-0.15, -0.1) is 0 Å². The molecule has 0 saturated heterocycles. The van der Waals surface area contributed by atoms with Gasteiger partial charge >= 0.3 is 0 Å². The Bertz CT molecular complexity index is 602. The predicted octanol–water partition coefficient (Wildman–Crippen LogP) is 4.77. The van der Waals surface area contributed by atoms with Crippen molar-refractivity contribution in [2.45, 2.75) is 12.5 Å². The minimum atomic E-state index is -0.977. The summed E-state index contributed by atoms with van der Waals surface area (Å²) < 4.78 is 27.6. The molecule has 0 aliphatic carbocycles. The van der Waals surface area contributed by atoms with Gasteiger partial charge in [0.15, 0.2) is 0 Å². The number of hydrogen-bond donors (Lipinski definition) is 1. The molecule has 0 aromatic heterocycles. The lowest BCUT2D eigenvalue weighted by Gasteiger charge is -2.13. The second kappa shape index (κ2) is 6.11. The van der Waals surface area contributed by atoms with Crippen molar-refractivity contribution < 1.29 is 13.9 Å². The molecule has 0 bridgehead atoms. The van der Waals surface area contributed by atoms with Crippen molar-refractivity contribution in [2.75, 3.05) is 0 Å². The number of benzene rings is 2. The zero-order chi connectivity index (χ0) is 14.0. The summed E-state index contributed by atoms with van der Waals surface area (Å²) in [6.45, 7) is 0. The summed E-state index contributed by atoms with van der Waals surface area (Å²) in [5, 5.41) is 10.1. The van der Waals surface area contributed by atoms with Crippen LogP contribution in [0.2, 0.25) is 0 Å². The maximum Gasteiger partial charge on any atom is 0.143 e. The molecule has 2 aromatic carbocycles. The minimum absolute atomic E-state index is 0.215. The van der Waals surface area contributed by atoms with Gasteiger partial charge in [-0.1, -0.05) is 18.2 Å². The highest BCUT2D eigenvalue weighted by Gasteiger charge is 2.15. The van der Waals surface area contributed by atoms with Crippen LogP contribution in [0.25, 0.3) is 0 Å². The van der Waals surface area contributed by atoms with E-state index in [0.29, 0.717) is 8.95 Å². The van der Waals surface area contributed by atoms with Crippen LogP contribution in [0.15, 0.2) is 45.3 Å². The number of rotatable bonds is 3. The van der Waals surface area contributed by atoms with Gasteiger partial charge in [0.1, 0.15) is 11.6 Å². The summed E-state index contributed by atoms with van der Waals surface area (Å²) in [6, 6.07) is 9.21. The minimum Gasteiger partial charge on any atom is -0.388 e. The van der Waals surface area contributed by atoms with Crippen LogP contribution in [0.3, 0.4) is 0 Å². The van der Waals surface area contributed by atoms with E-state index in [2.05, 4.69) is 31.9 Å². The standard InChI is InChI=1S/C14H10Br2F2O/c15-10-3-1-2-9(14(10)18)13(19)7-8-4-5-12(17)11(16)6-8/h1-6,13,19H,7H2. The first-order valence-corrected chi connectivity index (χ1v) is 7.13. The van der Waals surface area contributed by atoms with Gasteiger partial charge in [-0.2, -0.15) is 0 Å². The molecule has 0 saturated carbocycles. The third-order valence-electron chi connectivity index (χ3n) is 2.75. The highest BCUT2D eigenvalue weighted by molar-refractivity contribution is 9.10. The molecular weight excluding hydrogens is 382 g/mol. The maximum absolute atomic E-state index is 13.8. The molecule has 0 amide bonds. The van der Waals surface area contributed by atoms with Gasteiger partial charge in [0.05, 0.1) is 15.0 Å². The van der Waals surface area contributed by atoms with Gasteiger partial charge in [-0.3, -0.25) is 0 Å². The van der Waals surface area contributed by atoms with Crippen LogP contribution >= 0.6 is 31.9 Å². The van der Waals surface area contributed by atoms with Gasteiger partial charge in [0, 0.05) is 12.0 Å². The van der Waals surface area contributed by atoms with Crippen molar-refractivity contribution in [1.82, 2.24) is 0 Å².